The molecule has 0 atom stereocenters. The number of ether oxygens (including phenoxy) is 1. The van der Waals surface area contributed by atoms with Gasteiger partial charge in [0, 0.05) is 49.9 Å². The number of nitrogens with zero attached hydrogens (tertiary/aromatic N) is 3. The van der Waals surface area contributed by atoms with Crippen LogP contribution >= 0.6 is 0 Å². The molecular weight excluding hydrogens is 328 g/mol. The fourth-order valence-corrected chi connectivity index (χ4v) is 3.36. The number of benzene rings is 2. The minimum absolute atomic E-state index is 0.120. The zero-order chi connectivity index (χ0) is 17.9. The van der Waals surface area contributed by atoms with Crippen molar-refractivity contribution in [2.24, 2.45) is 0 Å². The summed E-state index contributed by atoms with van der Waals surface area (Å²) in [6.07, 6.45) is 3.39. The van der Waals surface area contributed by atoms with E-state index in [0.29, 0.717) is 0 Å². The molecule has 2 heterocycles. The SMILES string of the molecule is COc1ccc(N2CCN(c3ccc(-n4cc[nH]c4=O)cc3)CC2)cc1. The molecule has 134 valence electrons. The van der Waals surface area contributed by atoms with Crippen LogP contribution in [0, 0.1) is 0 Å². The van der Waals surface area contributed by atoms with Crippen molar-refractivity contribution in [1.29, 1.82) is 0 Å². The van der Waals surface area contributed by atoms with Crippen LogP contribution in [0.4, 0.5) is 11.4 Å². The number of H-pyrrole nitrogens is 1. The molecule has 1 N–H and O–H groups in total. The highest BCUT2D eigenvalue weighted by Crippen LogP contribution is 2.23. The molecule has 3 aromatic rings. The molecule has 0 spiro atoms. The van der Waals surface area contributed by atoms with Gasteiger partial charge < -0.3 is 19.5 Å². The van der Waals surface area contributed by atoms with Crippen molar-refractivity contribution in [1.82, 2.24) is 9.55 Å². The number of hydrogen-bond donors (Lipinski definition) is 1. The van der Waals surface area contributed by atoms with Crippen molar-refractivity contribution in [3.63, 3.8) is 0 Å². The molecule has 26 heavy (non-hydrogen) atoms. The number of hydrogen-bond acceptors (Lipinski definition) is 4. The normalized spacial score (nSPS) is 14.5. The number of piperazine rings is 1. The summed E-state index contributed by atoms with van der Waals surface area (Å²) in [5.74, 6) is 0.883. The van der Waals surface area contributed by atoms with Gasteiger partial charge in [0.1, 0.15) is 5.75 Å². The fraction of sp³-hybridized carbons (Fsp3) is 0.250. The largest absolute Gasteiger partial charge is 0.497 e. The van der Waals surface area contributed by atoms with Gasteiger partial charge in [0.05, 0.1) is 12.8 Å². The molecule has 1 saturated heterocycles. The number of anilines is 2. The first kappa shape index (κ1) is 16.3. The Bertz CT molecular complexity index is 904. The van der Waals surface area contributed by atoms with Crippen molar-refractivity contribution < 1.29 is 4.74 Å². The Hall–Kier alpha value is -3.15. The second-order valence-corrected chi connectivity index (χ2v) is 6.32. The average molecular weight is 350 g/mol. The lowest BCUT2D eigenvalue weighted by atomic mass is 10.2. The smallest absolute Gasteiger partial charge is 0.330 e. The molecule has 2 aromatic carbocycles. The third-order valence-electron chi connectivity index (χ3n) is 4.86. The Morgan fingerprint density at radius 1 is 0.808 bits per heavy atom. The monoisotopic (exact) mass is 350 g/mol. The lowest BCUT2D eigenvalue weighted by Gasteiger charge is -2.37. The number of rotatable bonds is 4. The van der Waals surface area contributed by atoms with Gasteiger partial charge in [-0.3, -0.25) is 4.57 Å². The van der Waals surface area contributed by atoms with E-state index < -0.39 is 0 Å². The molecule has 6 nitrogen and oxygen atoms in total. The highest BCUT2D eigenvalue weighted by Gasteiger charge is 2.17. The predicted octanol–water partition coefficient (Wildman–Crippen LogP) is 2.50. The van der Waals surface area contributed by atoms with Gasteiger partial charge in [0.15, 0.2) is 0 Å². The molecule has 0 bridgehead atoms. The zero-order valence-corrected chi connectivity index (χ0v) is 14.8. The average Bonchev–Trinajstić information content (AvgIpc) is 3.14. The topological polar surface area (TPSA) is 53.5 Å². The molecule has 6 heteroatoms. The molecule has 0 unspecified atom stereocenters. The van der Waals surface area contributed by atoms with Gasteiger partial charge >= 0.3 is 5.69 Å². The first-order valence-electron chi connectivity index (χ1n) is 8.75. The zero-order valence-electron chi connectivity index (χ0n) is 14.8. The summed E-state index contributed by atoms with van der Waals surface area (Å²) < 4.78 is 6.83. The molecule has 0 radical (unpaired) electrons. The summed E-state index contributed by atoms with van der Waals surface area (Å²) in [5, 5.41) is 0. The predicted molar refractivity (Wildman–Crippen MR) is 104 cm³/mol. The van der Waals surface area contributed by atoms with E-state index in [-0.39, 0.29) is 5.69 Å². The molecule has 1 aliphatic rings. The summed E-state index contributed by atoms with van der Waals surface area (Å²) in [5.41, 5.74) is 3.17. The summed E-state index contributed by atoms with van der Waals surface area (Å²) in [4.78, 5) is 19.1. The second kappa shape index (κ2) is 7.00. The summed E-state index contributed by atoms with van der Waals surface area (Å²) in [6.45, 7) is 3.89. The van der Waals surface area contributed by atoms with Gasteiger partial charge in [-0.15, -0.1) is 0 Å². The molecule has 4 rings (SSSR count). The molecule has 0 aliphatic carbocycles. The molecule has 1 aliphatic heterocycles. The van der Waals surface area contributed by atoms with E-state index in [1.165, 1.54) is 11.4 Å². The van der Waals surface area contributed by atoms with Crippen LogP contribution < -0.4 is 20.2 Å². The Morgan fingerprint density at radius 3 is 1.77 bits per heavy atom. The summed E-state index contributed by atoms with van der Waals surface area (Å²) in [6, 6.07) is 16.4. The van der Waals surface area contributed by atoms with Gasteiger partial charge in [0.2, 0.25) is 0 Å². The van der Waals surface area contributed by atoms with Crippen molar-refractivity contribution in [2.45, 2.75) is 0 Å². The number of methoxy groups -OCH3 is 1. The van der Waals surface area contributed by atoms with Gasteiger partial charge in [-0.25, -0.2) is 4.79 Å². The second-order valence-electron chi connectivity index (χ2n) is 6.32. The van der Waals surface area contributed by atoms with E-state index >= 15 is 0 Å². The first-order valence-corrected chi connectivity index (χ1v) is 8.75. The van der Waals surface area contributed by atoms with Crippen LogP contribution in [0.2, 0.25) is 0 Å². The van der Waals surface area contributed by atoms with E-state index in [1.807, 2.05) is 24.3 Å². The van der Waals surface area contributed by atoms with Gasteiger partial charge in [0.25, 0.3) is 0 Å². The molecule has 0 amide bonds. The molecule has 0 saturated carbocycles. The summed E-state index contributed by atoms with van der Waals surface area (Å²) >= 11 is 0. The molecular formula is C20H22N4O2. The Balaban J connectivity index is 1.41. The quantitative estimate of drug-likeness (QED) is 0.786. The Kier molecular flexibility index (Phi) is 4.39. The summed E-state index contributed by atoms with van der Waals surface area (Å²) in [7, 11) is 1.69. The van der Waals surface area contributed by atoms with Crippen LogP contribution in [0.3, 0.4) is 0 Å². The number of nitrogens with one attached hydrogen (secondary N) is 1. The van der Waals surface area contributed by atoms with Crippen molar-refractivity contribution in [3.05, 3.63) is 71.4 Å². The van der Waals surface area contributed by atoms with Crippen LogP contribution in [-0.2, 0) is 0 Å². The lowest BCUT2D eigenvalue weighted by Crippen LogP contribution is -2.46. The highest BCUT2D eigenvalue weighted by molar-refractivity contribution is 5.54. The molecule has 1 aromatic heterocycles. The van der Waals surface area contributed by atoms with Gasteiger partial charge in [-0.1, -0.05) is 0 Å². The Morgan fingerprint density at radius 2 is 1.31 bits per heavy atom. The maximum Gasteiger partial charge on any atom is 0.330 e. The van der Waals surface area contributed by atoms with Crippen LogP contribution in [0.15, 0.2) is 65.7 Å². The van der Waals surface area contributed by atoms with E-state index in [9.17, 15) is 4.79 Å². The van der Waals surface area contributed by atoms with Crippen LogP contribution in [-0.4, -0.2) is 42.8 Å². The van der Waals surface area contributed by atoms with Crippen molar-refractivity contribution in [2.75, 3.05) is 43.1 Å². The Labute approximate surface area is 152 Å². The first-order chi connectivity index (χ1) is 12.7. The third-order valence-corrected chi connectivity index (χ3v) is 4.86. The maximum absolute atomic E-state index is 11.7. The minimum atomic E-state index is -0.120. The van der Waals surface area contributed by atoms with E-state index in [4.69, 9.17) is 4.74 Å². The molecule has 1 fully saturated rings. The maximum atomic E-state index is 11.7. The standard InChI is InChI=1S/C20H22N4O2/c1-26-19-8-6-17(7-9-19)23-14-12-22(13-15-23)16-2-4-18(5-3-16)24-11-10-21-20(24)25/h2-11H,12-15H2,1H3,(H,21,25). The lowest BCUT2D eigenvalue weighted by molar-refractivity contribution is 0.415. The van der Waals surface area contributed by atoms with Crippen molar-refractivity contribution in [3.8, 4) is 11.4 Å². The fourth-order valence-electron chi connectivity index (χ4n) is 3.36. The van der Waals surface area contributed by atoms with E-state index in [0.717, 1.165) is 37.6 Å². The number of aromatic amines is 1. The van der Waals surface area contributed by atoms with E-state index in [2.05, 4.69) is 39.0 Å². The van der Waals surface area contributed by atoms with Crippen molar-refractivity contribution >= 4 is 11.4 Å². The van der Waals surface area contributed by atoms with Gasteiger partial charge in [-0.05, 0) is 48.5 Å². The van der Waals surface area contributed by atoms with Crippen LogP contribution in [0.5, 0.6) is 5.75 Å². The van der Waals surface area contributed by atoms with Crippen LogP contribution in [0.25, 0.3) is 5.69 Å². The van der Waals surface area contributed by atoms with Gasteiger partial charge in [-0.2, -0.15) is 0 Å². The van der Waals surface area contributed by atoms with E-state index in [1.54, 1.807) is 24.1 Å². The minimum Gasteiger partial charge on any atom is -0.497 e. The highest BCUT2D eigenvalue weighted by atomic mass is 16.5. The number of imidazole rings is 1. The number of aromatic nitrogens is 2. The van der Waals surface area contributed by atoms with Crippen LogP contribution in [0.1, 0.15) is 0 Å². The third kappa shape index (κ3) is 3.18.